The van der Waals surface area contributed by atoms with Gasteiger partial charge in [0.25, 0.3) is 0 Å². The predicted octanol–water partition coefficient (Wildman–Crippen LogP) is -0.766. The lowest BCUT2D eigenvalue weighted by molar-refractivity contribution is -0.299. The minimum atomic E-state index is -1.62. The fourth-order valence-electron chi connectivity index (χ4n) is 5.25. The van der Waals surface area contributed by atoms with Crippen LogP contribution in [0.5, 0.6) is 0 Å². The molecule has 0 spiro atoms. The molecule has 9 atom stereocenters. The molecule has 4 N–H and O–H groups in total. The maximum absolute atomic E-state index is 13.0. The van der Waals surface area contributed by atoms with Crippen LogP contribution < -0.4 is 0 Å². The largest absolute Gasteiger partial charge is 0.458 e. The summed E-state index contributed by atoms with van der Waals surface area (Å²) >= 11 is 0. The van der Waals surface area contributed by atoms with Crippen LogP contribution >= 0.6 is 0 Å². The van der Waals surface area contributed by atoms with Crippen molar-refractivity contribution in [1.29, 1.82) is 0 Å². The Morgan fingerprint density at radius 3 is 2.53 bits per heavy atom. The fraction of sp³-hybridized carbons (Fsp3) is 0.560. The number of hydrogen-bond acceptors (Lipinski definition) is 11. The molecule has 0 aromatic rings. The standard InChI is InChI=1S/C25H30O11/c1-9(2)23(31)34-14-5-10(3)16-13(27)6-12(18(16)22-17(14)11(4)24(32)36-22)8-33-25-21(30)20(29)19(28)15(7-26)35-25/h6,14-15,17-22,25-26,28-30H,1,4-5,7-8H2,2-3H3/t14-,15+,17+,18-,19+,20-,21+,22-,25+/m0/s1. The van der Waals surface area contributed by atoms with E-state index >= 15 is 0 Å². The number of ether oxygens (including phenoxy) is 4. The molecule has 2 saturated heterocycles. The van der Waals surface area contributed by atoms with Crippen LogP contribution in [-0.2, 0) is 33.3 Å². The van der Waals surface area contributed by atoms with Crippen LogP contribution in [0.3, 0.4) is 0 Å². The summed E-state index contributed by atoms with van der Waals surface area (Å²) in [6.07, 6.45) is -7.50. The molecular weight excluding hydrogens is 476 g/mol. The average molecular weight is 507 g/mol. The molecule has 2 aliphatic carbocycles. The zero-order valence-corrected chi connectivity index (χ0v) is 20.0. The van der Waals surface area contributed by atoms with Gasteiger partial charge in [0.2, 0.25) is 0 Å². The molecule has 2 fully saturated rings. The van der Waals surface area contributed by atoms with E-state index in [1.807, 2.05) is 0 Å². The fourth-order valence-corrected chi connectivity index (χ4v) is 5.25. The van der Waals surface area contributed by atoms with Crippen molar-refractivity contribution in [3.8, 4) is 0 Å². The third-order valence-corrected chi connectivity index (χ3v) is 7.12. The van der Waals surface area contributed by atoms with Gasteiger partial charge in [0.1, 0.15) is 36.6 Å². The maximum atomic E-state index is 13.0. The summed E-state index contributed by atoms with van der Waals surface area (Å²) in [4.78, 5) is 37.8. The van der Waals surface area contributed by atoms with E-state index in [0.29, 0.717) is 16.7 Å². The number of aliphatic hydroxyl groups excluding tert-OH is 4. The Hall–Kier alpha value is -2.67. The molecular formula is C25H30O11. The van der Waals surface area contributed by atoms with Crippen LogP contribution in [-0.4, -0.2) is 94.3 Å². The third-order valence-electron chi connectivity index (χ3n) is 7.12. The van der Waals surface area contributed by atoms with E-state index < -0.39 is 73.3 Å². The number of aliphatic hydroxyl groups is 4. The Balaban J connectivity index is 1.60. The van der Waals surface area contributed by atoms with Crippen molar-refractivity contribution < 1.29 is 53.8 Å². The molecule has 0 bridgehead atoms. The Labute approximate surface area is 207 Å². The van der Waals surface area contributed by atoms with Crippen molar-refractivity contribution in [2.75, 3.05) is 13.2 Å². The van der Waals surface area contributed by atoms with Crippen molar-refractivity contribution in [3.05, 3.63) is 47.1 Å². The number of esters is 2. The van der Waals surface area contributed by atoms with Gasteiger partial charge in [-0.1, -0.05) is 18.7 Å². The smallest absolute Gasteiger partial charge is 0.334 e. The molecule has 4 rings (SSSR count). The number of carbonyl (C=O) groups excluding carboxylic acids is 3. The third kappa shape index (κ3) is 4.47. The Bertz CT molecular complexity index is 1050. The highest BCUT2D eigenvalue weighted by Crippen LogP contribution is 2.48. The van der Waals surface area contributed by atoms with Crippen LogP contribution in [0.15, 0.2) is 47.1 Å². The lowest BCUT2D eigenvalue weighted by Crippen LogP contribution is -2.59. The van der Waals surface area contributed by atoms with Crippen LogP contribution in [0.2, 0.25) is 0 Å². The van der Waals surface area contributed by atoms with Gasteiger partial charge in [-0.2, -0.15) is 0 Å². The summed E-state index contributed by atoms with van der Waals surface area (Å²) in [5, 5.41) is 39.7. The number of allylic oxidation sites excluding steroid dienone is 1. The van der Waals surface area contributed by atoms with Crippen molar-refractivity contribution in [1.82, 2.24) is 0 Å². The lowest BCUT2D eigenvalue weighted by Gasteiger charge is -2.39. The molecule has 36 heavy (non-hydrogen) atoms. The van der Waals surface area contributed by atoms with Gasteiger partial charge in [-0.15, -0.1) is 0 Å². The van der Waals surface area contributed by atoms with Gasteiger partial charge >= 0.3 is 11.9 Å². The van der Waals surface area contributed by atoms with Gasteiger partial charge in [0.05, 0.1) is 19.1 Å². The Kier molecular flexibility index (Phi) is 7.33. The summed E-state index contributed by atoms with van der Waals surface area (Å²) < 4.78 is 22.3. The van der Waals surface area contributed by atoms with E-state index in [-0.39, 0.29) is 30.0 Å². The number of rotatable bonds is 6. The summed E-state index contributed by atoms with van der Waals surface area (Å²) in [6.45, 7) is 9.80. The number of carbonyl (C=O) groups is 3. The quantitative estimate of drug-likeness (QED) is 0.264. The van der Waals surface area contributed by atoms with Crippen LogP contribution in [0.25, 0.3) is 0 Å². The first-order valence-corrected chi connectivity index (χ1v) is 11.6. The number of fused-ring (bicyclic) bond motifs is 3. The van der Waals surface area contributed by atoms with E-state index in [1.54, 1.807) is 6.92 Å². The van der Waals surface area contributed by atoms with Gasteiger partial charge in [-0.25, -0.2) is 9.59 Å². The van der Waals surface area contributed by atoms with E-state index in [0.717, 1.165) is 0 Å². The monoisotopic (exact) mass is 506 g/mol. The van der Waals surface area contributed by atoms with Gasteiger partial charge in [-0.05, 0) is 25.5 Å². The minimum Gasteiger partial charge on any atom is -0.458 e. The Morgan fingerprint density at radius 2 is 1.89 bits per heavy atom. The highest BCUT2D eigenvalue weighted by Gasteiger charge is 2.55. The summed E-state index contributed by atoms with van der Waals surface area (Å²) in [5.74, 6) is -3.05. The zero-order chi connectivity index (χ0) is 26.5. The van der Waals surface area contributed by atoms with E-state index in [1.165, 1.54) is 13.0 Å². The molecule has 2 heterocycles. The van der Waals surface area contributed by atoms with Crippen molar-refractivity contribution in [2.24, 2.45) is 11.8 Å². The van der Waals surface area contributed by atoms with Gasteiger partial charge in [0.15, 0.2) is 12.1 Å². The SMILES string of the molecule is C=C(C)C(=O)O[C@H]1CC(C)=C2C(=O)C=C(CO[C@@H]3O[C@H](CO)[C@@H](O)[C@H](O)[C@H]3O)[C@@H]2[C@H]2OC(=O)C(=C)[C@@H]21. The molecule has 4 aliphatic rings. The van der Waals surface area contributed by atoms with Crippen molar-refractivity contribution >= 4 is 17.7 Å². The molecule has 0 unspecified atom stereocenters. The molecule has 11 heteroatoms. The average Bonchev–Trinajstić information content (AvgIpc) is 3.27. The van der Waals surface area contributed by atoms with Crippen LogP contribution in [0, 0.1) is 11.8 Å². The predicted molar refractivity (Wildman–Crippen MR) is 121 cm³/mol. The van der Waals surface area contributed by atoms with Crippen molar-refractivity contribution in [2.45, 2.75) is 63.2 Å². The molecule has 0 aromatic carbocycles. The zero-order valence-electron chi connectivity index (χ0n) is 20.0. The first-order chi connectivity index (χ1) is 17.0. The number of hydrogen-bond donors (Lipinski definition) is 4. The molecule has 0 radical (unpaired) electrons. The second-order valence-electron chi connectivity index (χ2n) is 9.61. The van der Waals surface area contributed by atoms with E-state index in [9.17, 15) is 34.8 Å². The first kappa shape index (κ1) is 26.4. The van der Waals surface area contributed by atoms with Crippen molar-refractivity contribution in [3.63, 3.8) is 0 Å². The molecule has 0 amide bonds. The minimum absolute atomic E-state index is 0.127. The van der Waals surface area contributed by atoms with Crippen LogP contribution in [0.4, 0.5) is 0 Å². The summed E-state index contributed by atoms with van der Waals surface area (Å²) in [6, 6.07) is 0. The van der Waals surface area contributed by atoms with E-state index in [4.69, 9.17) is 18.9 Å². The number of ketones is 1. The molecule has 11 nitrogen and oxygen atoms in total. The first-order valence-electron chi connectivity index (χ1n) is 11.6. The Morgan fingerprint density at radius 1 is 1.19 bits per heavy atom. The summed E-state index contributed by atoms with van der Waals surface area (Å²) in [5.41, 5.74) is 1.79. The highest BCUT2D eigenvalue weighted by atomic mass is 16.7. The van der Waals surface area contributed by atoms with Crippen LogP contribution in [0.1, 0.15) is 20.3 Å². The molecule has 0 saturated carbocycles. The topological polar surface area (TPSA) is 169 Å². The van der Waals surface area contributed by atoms with E-state index in [2.05, 4.69) is 13.2 Å². The molecule has 2 aliphatic heterocycles. The second-order valence-corrected chi connectivity index (χ2v) is 9.61. The van der Waals surface area contributed by atoms with Gasteiger partial charge in [-0.3, -0.25) is 4.79 Å². The molecule has 0 aromatic heterocycles. The summed E-state index contributed by atoms with van der Waals surface area (Å²) in [7, 11) is 0. The van der Waals surface area contributed by atoms with Gasteiger partial charge in [0, 0.05) is 29.1 Å². The maximum Gasteiger partial charge on any atom is 0.334 e. The lowest BCUT2D eigenvalue weighted by atomic mass is 9.82. The second kappa shape index (κ2) is 10.0. The van der Waals surface area contributed by atoms with Gasteiger partial charge < -0.3 is 39.4 Å². The normalized spacial score (nSPS) is 38.2. The molecule has 196 valence electrons. The highest BCUT2D eigenvalue weighted by molar-refractivity contribution is 6.09.